The minimum atomic E-state index is -0.645. The monoisotopic (exact) mass is 291 g/mol. The number of aryl methyl sites for hydroxylation is 1. The van der Waals surface area contributed by atoms with Crippen LogP contribution in [0, 0.1) is 6.92 Å². The van der Waals surface area contributed by atoms with Crippen LogP contribution in [0.3, 0.4) is 0 Å². The van der Waals surface area contributed by atoms with Crippen molar-refractivity contribution in [3.8, 4) is 5.75 Å². The Morgan fingerprint density at radius 1 is 1.38 bits per heavy atom. The lowest BCUT2D eigenvalue weighted by Crippen LogP contribution is -2.41. The van der Waals surface area contributed by atoms with Crippen molar-refractivity contribution in [2.24, 2.45) is 10.7 Å². The number of guanidine groups is 1. The zero-order chi connectivity index (χ0) is 15.1. The van der Waals surface area contributed by atoms with E-state index in [2.05, 4.69) is 9.89 Å². The van der Waals surface area contributed by atoms with Crippen molar-refractivity contribution in [1.29, 1.82) is 0 Å². The molecule has 0 radical (unpaired) electrons. The second-order valence-corrected chi connectivity index (χ2v) is 5.53. The summed E-state index contributed by atoms with van der Waals surface area (Å²) in [6.07, 6.45) is 2.94. The molecule has 1 atom stereocenters. The summed E-state index contributed by atoms with van der Waals surface area (Å²) in [4.78, 5) is 6.35. The molecule has 0 bridgehead atoms. The predicted molar refractivity (Wildman–Crippen MR) is 84.6 cm³/mol. The van der Waals surface area contributed by atoms with Gasteiger partial charge in [-0.25, -0.2) is 0 Å². The van der Waals surface area contributed by atoms with Gasteiger partial charge in [-0.2, -0.15) is 0 Å². The molecule has 0 aliphatic carbocycles. The van der Waals surface area contributed by atoms with E-state index in [0.29, 0.717) is 5.96 Å². The summed E-state index contributed by atoms with van der Waals surface area (Å²) < 4.78 is 5.55. The van der Waals surface area contributed by atoms with Gasteiger partial charge in [-0.3, -0.25) is 4.99 Å². The van der Waals surface area contributed by atoms with Gasteiger partial charge in [-0.05, 0) is 43.9 Å². The Balaban J connectivity index is 1.74. The Morgan fingerprint density at radius 3 is 2.86 bits per heavy atom. The largest absolute Gasteiger partial charge is 0.491 e. The van der Waals surface area contributed by atoms with E-state index in [4.69, 9.17) is 10.5 Å². The molecule has 5 nitrogen and oxygen atoms in total. The van der Waals surface area contributed by atoms with Crippen LogP contribution in [0.25, 0.3) is 0 Å². The maximum atomic E-state index is 9.92. The molecule has 5 heteroatoms. The molecule has 1 heterocycles. The first-order valence-electron chi connectivity index (χ1n) is 7.57. The molecule has 0 spiro atoms. The molecule has 0 saturated carbocycles. The van der Waals surface area contributed by atoms with Gasteiger partial charge in [0.15, 0.2) is 5.96 Å². The molecule has 116 valence electrons. The number of hydrogen-bond donors (Lipinski definition) is 2. The summed E-state index contributed by atoms with van der Waals surface area (Å²) in [5, 5.41) is 9.92. The predicted octanol–water partition coefficient (Wildman–Crippen LogP) is 1.54. The number of aliphatic hydroxyl groups excluding tert-OH is 1. The maximum absolute atomic E-state index is 9.92. The molecule has 3 N–H and O–H groups in total. The average Bonchev–Trinajstić information content (AvgIpc) is 2.51. The number of aliphatic hydroxyl groups is 1. The van der Waals surface area contributed by atoms with E-state index in [1.165, 1.54) is 6.42 Å². The van der Waals surface area contributed by atoms with E-state index in [1.54, 1.807) is 0 Å². The van der Waals surface area contributed by atoms with Crippen molar-refractivity contribution in [2.45, 2.75) is 32.3 Å². The zero-order valence-electron chi connectivity index (χ0n) is 12.7. The van der Waals surface area contributed by atoms with Gasteiger partial charge in [0.05, 0.1) is 6.54 Å². The summed E-state index contributed by atoms with van der Waals surface area (Å²) in [5.41, 5.74) is 7.08. The summed E-state index contributed by atoms with van der Waals surface area (Å²) >= 11 is 0. The topological polar surface area (TPSA) is 71.1 Å². The van der Waals surface area contributed by atoms with Crippen LogP contribution in [0.5, 0.6) is 5.75 Å². The highest BCUT2D eigenvalue weighted by molar-refractivity contribution is 5.78. The van der Waals surface area contributed by atoms with Gasteiger partial charge in [-0.15, -0.1) is 0 Å². The molecule has 1 fully saturated rings. The lowest BCUT2D eigenvalue weighted by molar-refractivity contribution is 0.114. The smallest absolute Gasteiger partial charge is 0.191 e. The lowest BCUT2D eigenvalue weighted by atomic mass is 10.1. The van der Waals surface area contributed by atoms with E-state index in [0.717, 1.165) is 37.2 Å². The van der Waals surface area contributed by atoms with Crippen LogP contribution in [0.15, 0.2) is 29.3 Å². The quantitative estimate of drug-likeness (QED) is 0.637. The fourth-order valence-corrected chi connectivity index (χ4v) is 2.37. The summed E-state index contributed by atoms with van der Waals surface area (Å²) in [5.74, 6) is 1.30. The van der Waals surface area contributed by atoms with Crippen molar-refractivity contribution in [3.63, 3.8) is 0 Å². The Hall–Kier alpha value is -1.75. The maximum Gasteiger partial charge on any atom is 0.191 e. The Morgan fingerprint density at radius 2 is 2.14 bits per heavy atom. The average molecular weight is 291 g/mol. The van der Waals surface area contributed by atoms with E-state index >= 15 is 0 Å². The number of aliphatic imine (C=N–C) groups is 1. The third-order valence-electron chi connectivity index (χ3n) is 3.58. The number of rotatable bonds is 5. The van der Waals surface area contributed by atoms with E-state index in [1.807, 2.05) is 31.2 Å². The molecule has 1 aliphatic heterocycles. The molecule has 1 saturated heterocycles. The molecular formula is C16H25N3O2. The summed E-state index contributed by atoms with van der Waals surface area (Å²) in [6.45, 7) is 4.43. The van der Waals surface area contributed by atoms with Crippen molar-refractivity contribution in [2.75, 3.05) is 26.2 Å². The Bertz CT molecular complexity index is 470. The molecule has 1 aromatic rings. The van der Waals surface area contributed by atoms with Gasteiger partial charge in [0.25, 0.3) is 0 Å². The van der Waals surface area contributed by atoms with Gasteiger partial charge >= 0.3 is 0 Å². The minimum absolute atomic E-state index is 0.222. The molecule has 21 heavy (non-hydrogen) atoms. The van der Waals surface area contributed by atoms with Crippen LogP contribution in [0.2, 0.25) is 0 Å². The van der Waals surface area contributed by atoms with Crippen molar-refractivity contribution in [3.05, 3.63) is 29.8 Å². The molecule has 1 aliphatic rings. The Labute approximate surface area is 126 Å². The number of piperidine rings is 1. The van der Waals surface area contributed by atoms with Crippen LogP contribution in [0.1, 0.15) is 24.8 Å². The van der Waals surface area contributed by atoms with Crippen LogP contribution in [-0.2, 0) is 0 Å². The third-order valence-corrected chi connectivity index (χ3v) is 3.58. The molecule has 0 amide bonds. The van der Waals surface area contributed by atoms with Crippen LogP contribution in [0.4, 0.5) is 0 Å². The number of nitrogens with zero attached hydrogens (tertiary/aromatic N) is 2. The Kier molecular flexibility index (Phi) is 5.87. The van der Waals surface area contributed by atoms with Crippen LogP contribution < -0.4 is 10.5 Å². The first kappa shape index (κ1) is 15.6. The highest BCUT2D eigenvalue weighted by Crippen LogP contribution is 2.12. The first-order chi connectivity index (χ1) is 10.1. The number of benzene rings is 1. The van der Waals surface area contributed by atoms with Gasteiger partial charge in [0.1, 0.15) is 18.5 Å². The molecular weight excluding hydrogens is 266 g/mol. The third kappa shape index (κ3) is 5.27. The highest BCUT2D eigenvalue weighted by Gasteiger charge is 2.12. The first-order valence-corrected chi connectivity index (χ1v) is 7.57. The van der Waals surface area contributed by atoms with Crippen molar-refractivity contribution >= 4 is 5.96 Å². The number of ether oxygens (including phenoxy) is 1. The van der Waals surface area contributed by atoms with Crippen LogP contribution in [-0.4, -0.2) is 48.3 Å². The van der Waals surface area contributed by atoms with Crippen molar-refractivity contribution < 1.29 is 9.84 Å². The number of nitrogens with two attached hydrogens (primary N) is 1. The number of hydrogen-bond acceptors (Lipinski definition) is 3. The molecule has 2 rings (SSSR count). The van der Waals surface area contributed by atoms with Crippen molar-refractivity contribution in [1.82, 2.24) is 4.90 Å². The minimum Gasteiger partial charge on any atom is -0.491 e. The molecule has 1 aromatic carbocycles. The summed E-state index contributed by atoms with van der Waals surface area (Å²) in [6, 6.07) is 7.76. The zero-order valence-corrected chi connectivity index (χ0v) is 12.7. The van der Waals surface area contributed by atoms with Gasteiger partial charge in [-0.1, -0.05) is 12.1 Å². The summed E-state index contributed by atoms with van der Waals surface area (Å²) in [7, 11) is 0. The van der Waals surface area contributed by atoms with E-state index in [9.17, 15) is 5.11 Å². The highest BCUT2D eigenvalue weighted by atomic mass is 16.5. The SMILES string of the molecule is Cc1cccc(OCC(O)CN=C(N)N2CCCCC2)c1. The molecule has 1 unspecified atom stereocenters. The second-order valence-electron chi connectivity index (χ2n) is 5.53. The normalized spacial score (nSPS) is 17.6. The van der Waals surface area contributed by atoms with E-state index < -0.39 is 6.10 Å². The van der Waals surface area contributed by atoms with Gasteiger partial charge < -0.3 is 20.5 Å². The fraction of sp³-hybridized carbons (Fsp3) is 0.562. The molecule has 0 aromatic heterocycles. The van der Waals surface area contributed by atoms with Gasteiger partial charge in [0, 0.05) is 13.1 Å². The lowest BCUT2D eigenvalue weighted by Gasteiger charge is -2.27. The number of likely N-dealkylation sites (tertiary alicyclic amines) is 1. The second kappa shape index (κ2) is 7.88. The van der Waals surface area contributed by atoms with Crippen LogP contribution >= 0.6 is 0 Å². The van der Waals surface area contributed by atoms with Gasteiger partial charge in [0.2, 0.25) is 0 Å². The van der Waals surface area contributed by atoms with E-state index in [-0.39, 0.29) is 13.2 Å². The fourth-order valence-electron chi connectivity index (χ4n) is 2.37. The standard InChI is InChI=1S/C16H25N3O2/c1-13-6-5-7-15(10-13)21-12-14(20)11-18-16(17)19-8-3-2-4-9-19/h5-7,10,14,20H,2-4,8-9,11-12H2,1H3,(H2,17,18).